The van der Waals surface area contributed by atoms with Crippen molar-refractivity contribution in [3.8, 4) is 84.4 Å². The van der Waals surface area contributed by atoms with Crippen molar-refractivity contribution >= 4 is 22.2 Å². The third-order valence-corrected chi connectivity index (χ3v) is 15.0. The van der Waals surface area contributed by atoms with Crippen LogP contribution in [0.15, 0.2) is 188 Å². The van der Waals surface area contributed by atoms with E-state index in [0.717, 1.165) is 101 Å². The first-order valence-electron chi connectivity index (χ1n) is 26.9. The van der Waals surface area contributed by atoms with Gasteiger partial charge in [-0.05, 0) is 104 Å². The van der Waals surface area contributed by atoms with Gasteiger partial charge in [-0.25, -0.2) is 15.0 Å². The summed E-state index contributed by atoms with van der Waals surface area (Å²) in [4.78, 5) is 16.0. The smallest absolute Gasteiger partial charge is 0.170 e. The summed E-state index contributed by atoms with van der Waals surface area (Å²) >= 11 is 0. The van der Waals surface area contributed by atoms with Gasteiger partial charge >= 0.3 is 0 Å². The summed E-state index contributed by atoms with van der Waals surface area (Å²) in [5.41, 5.74) is 18.6. The summed E-state index contributed by atoms with van der Waals surface area (Å²) < 4.78 is 4.55. The van der Waals surface area contributed by atoms with E-state index in [2.05, 4.69) is 274 Å². The van der Waals surface area contributed by atoms with Gasteiger partial charge in [-0.15, -0.1) is 29.3 Å². The quantitative estimate of drug-likeness (QED) is 0.154. The molecule has 0 saturated carbocycles. The zero-order valence-electron chi connectivity index (χ0n) is 46.9. The number of phenols is 1. The number of rotatable bonds is 8. The molecule has 0 aliphatic carbocycles. The molecule has 0 amide bonds. The van der Waals surface area contributed by atoms with Crippen LogP contribution in [0.3, 0.4) is 0 Å². The molecule has 0 unspecified atom stereocenters. The molecule has 11 rings (SSSR count). The van der Waals surface area contributed by atoms with Crippen LogP contribution in [0.4, 0.5) is 0 Å². The Morgan fingerprint density at radius 3 is 1.53 bits per heavy atom. The molecular formula is C71H68N5OPt-. The number of aromatic hydroxyl groups is 1. The van der Waals surface area contributed by atoms with Gasteiger partial charge in [-0.3, -0.25) is 4.57 Å². The molecule has 0 fully saturated rings. The molecule has 6 nitrogen and oxygen atoms in total. The van der Waals surface area contributed by atoms with Gasteiger partial charge in [0.2, 0.25) is 0 Å². The molecule has 0 bridgehead atoms. The molecule has 0 atom stereocenters. The topological polar surface area (TPSA) is 68.8 Å². The summed E-state index contributed by atoms with van der Waals surface area (Å²) in [6.45, 7) is 26.8. The summed E-state index contributed by atoms with van der Waals surface area (Å²) in [6, 6.07) is 68.7. The van der Waals surface area contributed by atoms with Crippen LogP contribution in [0.2, 0.25) is 0 Å². The van der Waals surface area contributed by atoms with E-state index >= 15 is 0 Å². The van der Waals surface area contributed by atoms with Gasteiger partial charge in [0.15, 0.2) is 5.65 Å². The summed E-state index contributed by atoms with van der Waals surface area (Å²) in [7, 11) is 0. The molecule has 0 aliphatic heterocycles. The second-order valence-electron chi connectivity index (χ2n) is 24.7. The molecular weight excluding hydrogens is 1130 g/mol. The van der Waals surface area contributed by atoms with Crippen molar-refractivity contribution < 1.29 is 26.2 Å². The number of hydrogen-bond acceptors (Lipinski definition) is 4. The molecule has 3 heterocycles. The molecule has 394 valence electrons. The zero-order valence-corrected chi connectivity index (χ0v) is 49.2. The van der Waals surface area contributed by atoms with E-state index < -0.39 is 0 Å². The van der Waals surface area contributed by atoms with Crippen molar-refractivity contribution in [2.45, 2.75) is 105 Å². The van der Waals surface area contributed by atoms with E-state index in [1.165, 1.54) is 5.56 Å². The van der Waals surface area contributed by atoms with Crippen LogP contribution in [0.25, 0.3) is 101 Å². The van der Waals surface area contributed by atoms with E-state index in [1.807, 2.05) is 12.3 Å². The van der Waals surface area contributed by atoms with E-state index in [4.69, 9.17) is 15.0 Å². The number of benzene rings is 8. The first kappa shape index (κ1) is 53.7. The van der Waals surface area contributed by atoms with Crippen LogP contribution in [-0.2, 0) is 42.7 Å². The molecule has 0 spiro atoms. The fourth-order valence-corrected chi connectivity index (χ4v) is 10.6. The molecule has 11 aromatic rings. The van der Waals surface area contributed by atoms with Gasteiger partial charge in [0, 0.05) is 49.6 Å². The van der Waals surface area contributed by atoms with Crippen LogP contribution < -0.4 is 0 Å². The van der Waals surface area contributed by atoms with Crippen molar-refractivity contribution in [3.05, 3.63) is 217 Å². The zero-order chi connectivity index (χ0) is 54.2. The van der Waals surface area contributed by atoms with Gasteiger partial charge in [-0.1, -0.05) is 216 Å². The Labute approximate surface area is 475 Å². The normalized spacial score (nSPS) is 12.3. The molecule has 8 aromatic carbocycles. The molecule has 78 heavy (non-hydrogen) atoms. The standard InChI is InChI=1S/C71H68N5O.Pt/c1-68(2,3)51-34-36-60(56(42-51)47-28-20-15-21-29-47)76-62-32-23-37-72-65(62)74-66(76)50-38-49(39-52(40-50)69(4,5)6)54-30-22-31-61-63(54)73-67(57-43-53(70(7,8)9)44-58(64(57)77)71(10,11)12)75(61)59-35-33-48(45-24-16-13-17-25-45)41-55(59)46-26-18-14-19-27-46;/h13-37,39-44,77H,1-12H3;/q-1;. The van der Waals surface area contributed by atoms with Crippen molar-refractivity contribution in [2.24, 2.45) is 0 Å². The predicted molar refractivity (Wildman–Crippen MR) is 321 cm³/mol. The Morgan fingerprint density at radius 1 is 0.397 bits per heavy atom. The third-order valence-electron chi connectivity index (χ3n) is 15.0. The summed E-state index contributed by atoms with van der Waals surface area (Å²) in [6.07, 6.45) is 1.82. The van der Waals surface area contributed by atoms with Crippen molar-refractivity contribution in [2.75, 3.05) is 0 Å². The van der Waals surface area contributed by atoms with E-state index in [-0.39, 0.29) is 48.5 Å². The number of imidazole rings is 2. The maximum Gasteiger partial charge on any atom is 0.170 e. The minimum atomic E-state index is -0.365. The molecule has 0 aliphatic rings. The number of nitrogens with zero attached hydrogens (tertiary/aromatic N) is 5. The largest absolute Gasteiger partial charge is 0.507 e. The molecule has 0 saturated heterocycles. The second kappa shape index (κ2) is 20.3. The van der Waals surface area contributed by atoms with Crippen molar-refractivity contribution in [3.63, 3.8) is 0 Å². The number of hydrogen-bond donors (Lipinski definition) is 1. The van der Waals surface area contributed by atoms with Gasteiger partial charge in [0.1, 0.15) is 11.6 Å². The average Bonchev–Trinajstić information content (AvgIpc) is 4.05. The monoisotopic (exact) mass is 1200 g/mol. The van der Waals surface area contributed by atoms with E-state index in [9.17, 15) is 5.11 Å². The Bertz CT molecular complexity index is 4010. The summed E-state index contributed by atoms with van der Waals surface area (Å²) in [5.74, 6) is 1.63. The van der Waals surface area contributed by atoms with Gasteiger partial charge in [-0.2, -0.15) is 0 Å². The number of pyridine rings is 1. The molecule has 1 N–H and O–H groups in total. The van der Waals surface area contributed by atoms with Crippen molar-refractivity contribution in [1.82, 2.24) is 24.1 Å². The molecule has 7 heteroatoms. The maximum atomic E-state index is 12.8. The minimum Gasteiger partial charge on any atom is -0.507 e. The third kappa shape index (κ3) is 10.1. The Balaban J connectivity index is 0.00000688. The Morgan fingerprint density at radius 2 is 0.923 bits per heavy atom. The number of phenolic OH excluding ortho intramolecular Hbond substituents is 1. The molecule has 0 radical (unpaired) electrons. The van der Waals surface area contributed by atoms with Crippen LogP contribution in [0, 0.1) is 6.07 Å². The van der Waals surface area contributed by atoms with Gasteiger partial charge < -0.3 is 9.67 Å². The number of para-hydroxylation sites is 1. The van der Waals surface area contributed by atoms with Crippen LogP contribution in [0.5, 0.6) is 5.75 Å². The first-order chi connectivity index (χ1) is 36.6. The summed E-state index contributed by atoms with van der Waals surface area (Å²) in [5, 5.41) is 12.8. The molecule has 3 aromatic heterocycles. The van der Waals surface area contributed by atoms with E-state index in [0.29, 0.717) is 17.0 Å². The second-order valence-corrected chi connectivity index (χ2v) is 24.7. The fraction of sp³-hybridized carbons (Fsp3) is 0.225. The number of fused-ring (bicyclic) bond motifs is 2. The van der Waals surface area contributed by atoms with Crippen LogP contribution in [0.1, 0.15) is 105 Å². The first-order valence-corrected chi connectivity index (χ1v) is 26.9. The van der Waals surface area contributed by atoms with E-state index in [1.54, 1.807) is 0 Å². The Kier molecular flexibility index (Phi) is 14.0. The Hall–Kier alpha value is -7.66. The average molecular weight is 1200 g/mol. The maximum absolute atomic E-state index is 12.8. The fourth-order valence-electron chi connectivity index (χ4n) is 10.6. The van der Waals surface area contributed by atoms with Crippen molar-refractivity contribution in [1.29, 1.82) is 0 Å². The van der Waals surface area contributed by atoms with Crippen LogP contribution in [-0.4, -0.2) is 29.2 Å². The predicted octanol–water partition coefficient (Wildman–Crippen LogP) is 18.5. The minimum absolute atomic E-state index is 0. The van der Waals surface area contributed by atoms with Gasteiger partial charge in [0.25, 0.3) is 0 Å². The SMILES string of the molecule is CC(C)(C)c1cc(-c2cccc3c2nc(-c2cc(C(C)(C)C)cc(C(C)(C)C)c2O)n3-c2ccc(-c3ccccc3)cc2-c2ccccc2)[c-]c(-c2nc3ncccc3n2-c2ccc(C(C)(C)C)cc2-c2ccccc2)c1.[Pt]. The van der Waals surface area contributed by atoms with Crippen LogP contribution >= 0.6 is 0 Å². The van der Waals surface area contributed by atoms with Gasteiger partial charge in [0.05, 0.1) is 33.6 Å². The number of aromatic nitrogens is 5.